The highest BCUT2D eigenvalue weighted by molar-refractivity contribution is 7.92. The minimum absolute atomic E-state index is 0.165. The maximum atomic E-state index is 12.7. The molecule has 0 amide bonds. The third-order valence-electron chi connectivity index (χ3n) is 4.09. The summed E-state index contributed by atoms with van der Waals surface area (Å²) >= 11 is 0. The second-order valence-electron chi connectivity index (χ2n) is 6.65. The Balaban J connectivity index is 1.70. The van der Waals surface area contributed by atoms with E-state index in [4.69, 9.17) is 9.47 Å². The quantitative estimate of drug-likeness (QED) is 0.420. The number of ether oxygens (including phenoxy) is 2. The highest BCUT2D eigenvalue weighted by Gasteiger charge is 2.22. The van der Waals surface area contributed by atoms with Crippen LogP contribution in [0.1, 0.15) is 27.6 Å². The number of hydrogen-bond acceptors (Lipinski definition) is 7. The number of carbonyl (C=O) groups excluding carboxylic acids is 2. The van der Waals surface area contributed by atoms with Crippen LogP contribution in [0.25, 0.3) is 0 Å². The van der Waals surface area contributed by atoms with Crippen molar-refractivity contribution in [2.24, 2.45) is 0 Å². The van der Waals surface area contributed by atoms with Gasteiger partial charge in [-0.05, 0) is 55.5 Å². The molecule has 0 fully saturated rings. The van der Waals surface area contributed by atoms with Crippen LogP contribution in [-0.2, 0) is 14.8 Å². The van der Waals surface area contributed by atoms with Crippen molar-refractivity contribution in [1.82, 2.24) is 4.98 Å². The molecule has 1 unspecified atom stereocenters. The molecule has 0 saturated carbocycles. The Morgan fingerprint density at radius 3 is 2.35 bits per heavy atom. The number of benzene rings is 2. The standard InChI is InChI=1S/C22H20N2O6S/c1-15(21(25)16-9-11-17(12-10-16)24-31(2,27)28)29-22(26)19-7-3-4-8-20(19)30-18-6-5-13-23-14-18/h3-15,24H,1-2H3. The van der Waals surface area contributed by atoms with Crippen LogP contribution in [0.3, 0.4) is 0 Å². The van der Waals surface area contributed by atoms with Crippen LogP contribution >= 0.6 is 0 Å². The summed E-state index contributed by atoms with van der Waals surface area (Å²) in [6.07, 6.45) is 3.08. The van der Waals surface area contributed by atoms with Crippen molar-refractivity contribution >= 4 is 27.5 Å². The van der Waals surface area contributed by atoms with Crippen LogP contribution in [0.4, 0.5) is 5.69 Å². The minimum atomic E-state index is -3.42. The molecule has 0 bridgehead atoms. The van der Waals surface area contributed by atoms with Crippen molar-refractivity contribution in [3.63, 3.8) is 0 Å². The summed E-state index contributed by atoms with van der Waals surface area (Å²) in [4.78, 5) is 29.3. The average Bonchev–Trinajstić information content (AvgIpc) is 2.73. The zero-order valence-electron chi connectivity index (χ0n) is 16.8. The van der Waals surface area contributed by atoms with Gasteiger partial charge in [-0.2, -0.15) is 0 Å². The number of carbonyl (C=O) groups is 2. The number of para-hydroxylation sites is 1. The van der Waals surface area contributed by atoms with E-state index in [0.29, 0.717) is 11.4 Å². The molecule has 1 atom stereocenters. The van der Waals surface area contributed by atoms with Gasteiger partial charge in [-0.3, -0.25) is 14.5 Å². The Morgan fingerprint density at radius 1 is 1.00 bits per heavy atom. The fraction of sp³-hybridized carbons (Fsp3) is 0.136. The highest BCUT2D eigenvalue weighted by atomic mass is 32.2. The molecule has 0 saturated heterocycles. The zero-order chi connectivity index (χ0) is 22.4. The summed E-state index contributed by atoms with van der Waals surface area (Å²) in [6.45, 7) is 1.47. The third-order valence-corrected chi connectivity index (χ3v) is 4.70. The van der Waals surface area contributed by atoms with E-state index in [0.717, 1.165) is 6.26 Å². The van der Waals surface area contributed by atoms with E-state index in [-0.39, 0.29) is 16.9 Å². The normalized spacial score (nSPS) is 11.9. The lowest BCUT2D eigenvalue weighted by Gasteiger charge is -2.15. The predicted molar refractivity (Wildman–Crippen MR) is 115 cm³/mol. The first-order valence-corrected chi connectivity index (χ1v) is 11.1. The molecular weight excluding hydrogens is 420 g/mol. The van der Waals surface area contributed by atoms with E-state index in [2.05, 4.69) is 9.71 Å². The monoisotopic (exact) mass is 440 g/mol. The van der Waals surface area contributed by atoms with E-state index < -0.39 is 27.9 Å². The molecule has 3 aromatic rings. The zero-order valence-corrected chi connectivity index (χ0v) is 17.6. The third kappa shape index (κ3) is 6.13. The fourth-order valence-electron chi connectivity index (χ4n) is 2.69. The molecule has 0 radical (unpaired) electrons. The van der Waals surface area contributed by atoms with Crippen molar-refractivity contribution in [3.8, 4) is 11.5 Å². The number of nitrogens with one attached hydrogen (secondary N) is 1. The van der Waals surface area contributed by atoms with Crippen LogP contribution in [0, 0.1) is 0 Å². The molecule has 9 heteroatoms. The minimum Gasteiger partial charge on any atom is -0.455 e. The maximum absolute atomic E-state index is 12.7. The number of anilines is 1. The van der Waals surface area contributed by atoms with Gasteiger partial charge >= 0.3 is 5.97 Å². The molecule has 8 nitrogen and oxygen atoms in total. The van der Waals surface area contributed by atoms with Gasteiger partial charge in [-0.25, -0.2) is 13.2 Å². The molecule has 31 heavy (non-hydrogen) atoms. The number of Topliss-reactive ketones (excluding diaryl/α,β-unsaturated/α-hetero) is 1. The molecule has 1 aromatic heterocycles. The molecule has 1 heterocycles. The smallest absolute Gasteiger partial charge is 0.342 e. The first kappa shape index (κ1) is 22.0. The molecule has 160 valence electrons. The number of hydrogen-bond donors (Lipinski definition) is 1. The summed E-state index contributed by atoms with van der Waals surface area (Å²) in [5.41, 5.74) is 0.767. The number of rotatable bonds is 8. The Morgan fingerprint density at radius 2 is 1.71 bits per heavy atom. The summed E-state index contributed by atoms with van der Waals surface area (Å²) < 4.78 is 35.9. The first-order chi connectivity index (χ1) is 14.7. The van der Waals surface area contributed by atoms with Crippen LogP contribution in [0.5, 0.6) is 11.5 Å². The van der Waals surface area contributed by atoms with Gasteiger partial charge in [0.15, 0.2) is 6.10 Å². The number of aromatic nitrogens is 1. The first-order valence-electron chi connectivity index (χ1n) is 9.23. The van der Waals surface area contributed by atoms with Crippen molar-refractivity contribution in [3.05, 3.63) is 84.2 Å². The predicted octanol–water partition coefficient (Wildman–Crippen LogP) is 3.67. The second kappa shape index (κ2) is 9.40. The Hall–Kier alpha value is -3.72. The Bertz CT molecular complexity index is 1180. The average molecular weight is 440 g/mol. The SMILES string of the molecule is CC(OC(=O)c1ccccc1Oc1cccnc1)C(=O)c1ccc(NS(C)(=O)=O)cc1. The van der Waals surface area contributed by atoms with Gasteiger partial charge in [-0.1, -0.05) is 12.1 Å². The molecule has 2 aromatic carbocycles. The molecule has 1 N–H and O–H groups in total. The summed E-state index contributed by atoms with van der Waals surface area (Å²) in [6, 6.07) is 15.8. The van der Waals surface area contributed by atoms with Crippen LogP contribution in [0.15, 0.2) is 73.1 Å². The molecule has 0 aliphatic carbocycles. The maximum Gasteiger partial charge on any atom is 0.342 e. The molecule has 3 rings (SSSR count). The van der Waals surface area contributed by atoms with Gasteiger partial charge in [0, 0.05) is 17.4 Å². The molecule has 0 spiro atoms. The van der Waals surface area contributed by atoms with Crippen LogP contribution in [0.2, 0.25) is 0 Å². The van der Waals surface area contributed by atoms with Gasteiger partial charge in [-0.15, -0.1) is 0 Å². The van der Waals surface area contributed by atoms with Crippen molar-refractivity contribution in [2.75, 3.05) is 11.0 Å². The Kier molecular flexibility index (Phi) is 6.66. The van der Waals surface area contributed by atoms with Gasteiger partial charge in [0.1, 0.15) is 17.1 Å². The number of pyridine rings is 1. The van der Waals surface area contributed by atoms with Crippen molar-refractivity contribution in [1.29, 1.82) is 0 Å². The largest absolute Gasteiger partial charge is 0.455 e. The van der Waals surface area contributed by atoms with Gasteiger partial charge in [0.25, 0.3) is 0 Å². The lowest BCUT2D eigenvalue weighted by Crippen LogP contribution is -2.24. The van der Waals surface area contributed by atoms with E-state index >= 15 is 0 Å². The molecular formula is C22H20N2O6S. The van der Waals surface area contributed by atoms with E-state index in [1.54, 1.807) is 36.5 Å². The summed E-state index contributed by atoms with van der Waals surface area (Å²) in [7, 11) is -3.42. The van der Waals surface area contributed by atoms with E-state index in [1.165, 1.54) is 43.5 Å². The lowest BCUT2D eigenvalue weighted by atomic mass is 10.1. The molecule has 0 aliphatic heterocycles. The number of ketones is 1. The van der Waals surface area contributed by atoms with E-state index in [1.807, 2.05) is 0 Å². The summed E-state index contributed by atoms with van der Waals surface area (Å²) in [5.74, 6) is -0.411. The Labute approximate surface area is 179 Å². The fourth-order valence-corrected chi connectivity index (χ4v) is 3.25. The van der Waals surface area contributed by atoms with Crippen LogP contribution < -0.4 is 9.46 Å². The second-order valence-corrected chi connectivity index (χ2v) is 8.40. The van der Waals surface area contributed by atoms with Gasteiger partial charge in [0.05, 0.1) is 12.5 Å². The van der Waals surface area contributed by atoms with Crippen LogP contribution in [-0.4, -0.2) is 37.5 Å². The highest BCUT2D eigenvalue weighted by Crippen LogP contribution is 2.25. The van der Waals surface area contributed by atoms with Gasteiger partial charge < -0.3 is 9.47 Å². The van der Waals surface area contributed by atoms with Crippen molar-refractivity contribution in [2.45, 2.75) is 13.0 Å². The molecule has 0 aliphatic rings. The summed E-state index contributed by atoms with van der Waals surface area (Å²) in [5, 5.41) is 0. The number of esters is 1. The van der Waals surface area contributed by atoms with E-state index in [9.17, 15) is 18.0 Å². The van der Waals surface area contributed by atoms with Gasteiger partial charge in [0.2, 0.25) is 15.8 Å². The number of nitrogens with zero attached hydrogens (tertiary/aromatic N) is 1. The topological polar surface area (TPSA) is 112 Å². The number of sulfonamides is 1. The van der Waals surface area contributed by atoms with Crippen molar-refractivity contribution < 1.29 is 27.5 Å². The lowest BCUT2D eigenvalue weighted by molar-refractivity contribution is 0.0316.